The fourth-order valence-electron chi connectivity index (χ4n) is 2.59. The summed E-state index contributed by atoms with van der Waals surface area (Å²) in [6.45, 7) is 4.30. The van der Waals surface area contributed by atoms with Gasteiger partial charge in [0.15, 0.2) is 0 Å². The van der Waals surface area contributed by atoms with E-state index >= 15 is 0 Å². The highest BCUT2D eigenvalue weighted by atomic mass is 35.5. The first-order valence-electron chi connectivity index (χ1n) is 8.52. The van der Waals surface area contributed by atoms with Crippen LogP contribution in [0.4, 0.5) is 6.01 Å². The second-order valence-electron chi connectivity index (χ2n) is 6.37. The van der Waals surface area contributed by atoms with Crippen LogP contribution in [-0.4, -0.2) is 23.2 Å². The molecule has 0 aliphatic rings. The number of nitrogens with one attached hydrogen (secondary N) is 1. The molecule has 7 heteroatoms. The summed E-state index contributed by atoms with van der Waals surface area (Å²) >= 11 is 5.96. The van der Waals surface area contributed by atoms with Gasteiger partial charge in [0.25, 0.3) is 5.91 Å². The lowest BCUT2D eigenvalue weighted by molar-refractivity contribution is 0.102. The second kappa shape index (κ2) is 8.22. The van der Waals surface area contributed by atoms with E-state index in [9.17, 15) is 4.79 Å². The van der Waals surface area contributed by atoms with Crippen LogP contribution in [0.3, 0.4) is 0 Å². The second-order valence-corrected chi connectivity index (χ2v) is 6.81. The van der Waals surface area contributed by atoms with Crippen molar-refractivity contribution in [2.75, 3.05) is 12.4 Å². The number of carbonyl (C=O) groups is 1. The maximum absolute atomic E-state index is 12.4. The fourth-order valence-corrected chi connectivity index (χ4v) is 2.76. The molecule has 0 spiro atoms. The number of methoxy groups -OCH3 is 1. The fraction of sp³-hybridized carbons (Fsp3) is 0.250. The summed E-state index contributed by atoms with van der Waals surface area (Å²) in [4.78, 5) is 12.4. The average molecular weight is 386 g/mol. The number of carbonyl (C=O) groups excluding carboxylic acids is 1. The predicted octanol–water partition coefficient (Wildman–Crippen LogP) is 4.70. The molecule has 0 aliphatic carbocycles. The molecule has 0 fully saturated rings. The van der Waals surface area contributed by atoms with Gasteiger partial charge in [0.1, 0.15) is 5.75 Å². The Kier molecular flexibility index (Phi) is 5.76. The Hall–Kier alpha value is -2.86. The van der Waals surface area contributed by atoms with Crippen molar-refractivity contribution in [3.8, 4) is 5.75 Å². The van der Waals surface area contributed by atoms with Crippen molar-refractivity contribution in [3.63, 3.8) is 0 Å². The van der Waals surface area contributed by atoms with Crippen molar-refractivity contribution in [3.05, 3.63) is 70.1 Å². The molecule has 6 nitrogen and oxygen atoms in total. The van der Waals surface area contributed by atoms with Gasteiger partial charge in [-0.1, -0.05) is 54.8 Å². The van der Waals surface area contributed by atoms with Crippen molar-refractivity contribution in [1.82, 2.24) is 10.2 Å². The Morgan fingerprint density at radius 2 is 1.93 bits per heavy atom. The van der Waals surface area contributed by atoms with E-state index in [0.717, 1.165) is 5.56 Å². The molecule has 1 amide bonds. The smallest absolute Gasteiger partial charge is 0.322 e. The molecule has 27 heavy (non-hydrogen) atoms. The minimum Gasteiger partial charge on any atom is -0.496 e. The SMILES string of the molecule is COc1ccc(Cl)cc1C(=O)Nc1nnc(Cc2ccc(C(C)C)cc2)o1. The largest absolute Gasteiger partial charge is 0.496 e. The maximum atomic E-state index is 12.4. The lowest BCUT2D eigenvalue weighted by Crippen LogP contribution is -2.13. The van der Waals surface area contributed by atoms with Crippen LogP contribution < -0.4 is 10.1 Å². The summed E-state index contributed by atoms with van der Waals surface area (Å²) in [5.41, 5.74) is 2.61. The molecule has 0 atom stereocenters. The molecule has 2 aromatic carbocycles. The van der Waals surface area contributed by atoms with E-state index in [0.29, 0.717) is 29.0 Å². The van der Waals surface area contributed by atoms with E-state index in [4.69, 9.17) is 20.8 Å². The Morgan fingerprint density at radius 3 is 2.59 bits per heavy atom. The minimum atomic E-state index is -0.439. The molecule has 1 heterocycles. The number of benzene rings is 2. The van der Waals surface area contributed by atoms with E-state index in [1.165, 1.54) is 18.7 Å². The molecule has 0 saturated heterocycles. The Balaban J connectivity index is 1.69. The summed E-state index contributed by atoms with van der Waals surface area (Å²) in [6.07, 6.45) is 0.488. The molecule has 1 aromatic heterocycles. The van der Waals surface area contributed by atoms with Gasteiger partial charge in [-0.05, 0) is 35.2 Å². The number of hydrogen-bond donors (Lipinski definition) is 1. The van der Waals surface area contributed by atoms with Crippen LogP contribution in [0.5, 0.6) is 5.75 Å². The van der Waals surface area contributed by atoms with Gasteiger partial charge in [-0.25, -0.2) is 0 Å². The lowest BCUT2D eigenvalue weighted by atomic mass is 10.0. The third-order valence-corrected chi connectivity index (χ3v) is 4.33. The summed E-state index contributed by atoms with van der Waals surface area (Å²) in [5.74, 6) is 0.862. The molecule has 0 radical (unpaired) electrons. The first-order valence-corrected chi connectivity index (χ1v) is 8.90. The predicted molar refractivity (Wildman–Crippen MR) is 104 cm³/mol. The first-order chi connectivity index (χ1) is 13.0. The number of halogens is 1. The molecule has 140 valence electrons. The number of rotatable bonds is 6. The van der Waals surface area contributed by atoms with Gasteiger partial charge < -0.3 is 9.15 Å². The molecule has 0 bridgehead atoms. The van der Waals surface area contributed by atoms with Gasteiger partial charge in [0, 0.05) is 5.02 Å². The summed E-state index contributed by atoms with van der Waals surface area (Å²) < 4.78 is 10.7. The van der Waals surface area contributed by atoms with Crippen molar-refractivity contribution >= 4 is 23.5 Å². The topological polar surface area (TPSA) is 77.2 Å². The normalized spacial score (nSPS) is 10.9. The van der Waals surface area contributed by atoms with Gasteiger partial charge in [-0.2, -0.15) is 0 Å². The van der Waals surface area contributed by atoms with Crippen LogP contribution in [0.25, 0.3) is 0 Å². The van der Waals surface area contributed by atoms with Crippen molar-refractivity contribution < 1.29 is 13.9 Å². The van der Waals surface area contributed by atoms with Crippen LogP contribution >= 0.6 is 11.6 Å². The van der Waals surface area contributed by atoms with E-state index in [1.54, 1.807) is 12.1 Å². The van der Waals surface area contributed by atoms with Gasteiger partial charge in [0.2, 0.25) is 5.89 Å². The Bertz CT molecular complexity index is 936. The van der Waals surface area contributed by atoms with Crippen LogP contribution in [0, 0.1) is 0 Å². The summed E-state index contributed by atoms with van der Waals surface area (Å²) in [6, 6.07) is 13.1. The molecule has 3 aromatic rings. The van der Waals surface area contributed by atoms with E-state index in [-0.39, 0.29) is 11.6 Å². The highest BCUT2D eigenvalue weighted by molar-refractivity contribution is 6.31. The zero-order valence-electron chi connectivity index (χ0n) is 15.3. The third-order valence-electron chi connectivity index (χ3n) is 4.10. The molecule has 1 N–H and O–H groups in total. The van der Waals surface area contributed by atoms with Crippen LogP contribution in [0.15, 0.2) is 46.9 Å². The quantitative estimate of drug-likeness (QED) is 0.665. The van der Waals surface area contributed by atoms with E-state index in [2.05, 4.69) is 41.5 Å². The zero-order valence-corrected chi connectivity index (χ0v) is 16.1. The number of hydrogen-bond acceptors (Lipinski definition) is 5. The lowest BCUT2D eigenvalue weighted by Gasteiger charge is -2.07. The van der Waals surface area contributed by atoms with Gasteiger partial charge in [-0.15, -0.1) is 5.10 Å². The van der Waals surface area contributed by atoms with E-state index < -0.39 is 5.91 Å². The van der Waals surface area contributed by atoms with Gasteiger partial charge in [0.05, 0.1) is 19.1 Å². The molecule has 0 aliphatic heterocycles. The molecule has 0 saturated carbocycles. The average Bonchev–Trinajstić information content (AvgIpc) is 3.08. The minimum absolute atomic E-state index is 0.0239. The molecular weight excluding hydrogens is 366 g/mol. The Morgan fingerprint density at radius 1 is 1.19 bits per heavy atom. The summed E-state index contributed by atoms with van der Waals surface area (Å²) in [5, 5.41) is 10.9. The van der Waals surface area contributed by atoms with Crippen molar-refractivity contribution in [1.29, 1.82) is 0 Å². The summed E-state index contributed by atoms with van der Waals surface area (Å²) in [7, 11) is 1.48. The molecule has 3 rings (SSSR count). The van der Waals surface area contributed by atoms with E-state index in [1.807, 2.05) is 12.1 Å². The van der Waals surface area contributed by atoms with Crippen LogP contribution in [0.1, 0.15) is 47.1 Å². The van der Waals surface area contributed by atoms with Crippen LogP contribution in [-0.2, 0) is 6.42 Å². The monoisotopic (exact) mass is 385 g/mol. The Labute approximate surface area is 162 Å². The van der Waals surface area contributed by atoms with Crippen molar-refractivity contribution in [2.24, 2.45) is 0 Å². The molecule has 0 unspecified atom stereocenters. The standard InChI is InChI=1S/C20H20ClN3O3/c1-12(2)14-6-4-13(5-7-14)10-18-23-24-20(27-18)22-19(25)16-11-15(21)8-9-17(16)26-3/h4-9,11-12H,10H2,1-3H3,(H,22,24,25). The number of amides is 1. The van der Waals surface area contributed by atoms with Gasteiger partial charge in [-0.3, -0.25) is 10.1 Å². The van der Waals surface area contributed by atoms with Crippen molar-refractivity contribution in [2.45, 2.75) is 26.2 Å². The maximum Gasteiger partial charge on any atom is 0.322 e. The number of aromatic nitrogens is 2. The number of nitrogens with zero attached hydrogens (tertiary/aromatic N) is 2. The van der Waals surface area contributed by atoms with Crippen LogP contribution in [0.2, 0.25) is 5.02 Å². The zero-order chi connectivity index (χ0) is 19.4. The first kappa shape index (κ1) is 18.9. The molecular formula is C20H20ClN3O3. The third kappa shape index (κ3) is 4.65. The highest BCUT2D eigenvalue weighted by Gasteiger charge is 2.16. The van der Waals surface area contributed by atoms with Gasteiger partial charge >= 0.3 is 6.01 Å². The number of anilines is 1. The number of ether oxygens (including phenoxy) is 1. The highest BCUT2D eigenvalue weighted by Crippen LogP contribution is 2.24.